The fourth-order valence-electron chi connectivity index (χ4n) is 2.74. The lowest BCUT2D eigenvalue weighted by Gasteiger charge is -2.30. The first-order valence-corrected chi connectivity index (χ1v) is 9.84. The summed E-state index contributed by atoms with van der Waals surface area (Å²) < 4.78 is 26.9. The quantitative estimate of drug-likeness (QED) is 0.778. The number of rotatable bonds is 6. The first-order chi connectivity index (χ1) is 11.3. The van der Waals surface area contributed by atoms with E-state index in [0.717, 1.165) is 12.8 Å². The smallest absolute Gasteiger partial charge is 0.251 e. The zero-order valence-corrected chi connectivity index (χ0v) is 16.6. The van der Waals surface area contributed by atoms with E-state index in [1.807, 2.05) is 14.0 Å². The molecule has 2 atom stereocenters. The van der Waals surface area contributed by atoms with Crippen LogP contribution in [0.2, 0.25) is 0 Å². The molecule has 1 aliphatic rings. The molecule has 0 aliphatic carbocycles. The minimum Gasteiger partial charge on any atom is -0.350 e. The van der Waals surface area contributed by atoms with E-state index >= 15 is 0 Å². The van der Waals surface area contributed by atoms with E-state index in [-0.39, 0.29) is 29.3 Å². The van der Waals surface area contributed by atoms with Gasteiger partial charge in [-0.1, -0.05) is 6.92 Å². The van der Waals surface area contributed by atoms with Crippen LogP contribution >= 0.6 is 12.4 Å². The highest BCUT2D eigenvalue weighted by atomic mass is 35.5. The van der Waals surface area contributed by atoms with Crippen molar-refractivity contribution in [3.05, 3.63) is 29.8 Å². The lowest BCUT2D eigenvalue weighted by Crippen LogP contribution is -2.39. The molecule has 0 bridgehead atoms. The normalized spacial score (nSPS) is 19.7. The fourth-order valence-corrected chi connectivity index (χ4v) is 4.34. The van der Waals surface area contributed by atoms with Crippen LogP contribution in [0, 0.1) is 5.92 Å². The highest BCUT2D eigenvalue weighted by Crippen LogP contribution is 2.23. The van der Waals surface area contributed by atoms with Crippen molar-refractivity contribution in [2.24, 2.45) is 5.92 Å². The van der Waals surface area contributed by atoms with Crippen molar-refractivity contribution in [3.8, 4) is 0 Å². The van der Waals surface area contributed by atoms with Crippen molar-refractivity contribution in [1.29, 1.82) is 0 Å². The van der Waals surface area contributed by atoms with Gasteiger partial charge in [-0.15, -0.1) is 12.4 Å². The maximum atomic E-state index is 12.7. The molecule has 0 aromatic heterocycles. The summed E-state index contributed by atoms with van der Waals surface area (Å²) in [6.07, 6.45) is 1.96. The Kier molecular flexibility index (Phi) is 8.34. The van der Waals surface area contributed by atoms with Gasteiger partial charge in [-0.3, -0.25) is 4.79 Å². The molecule has 0 saturated carbocycles. The minimum atomic E-state index is -3.48. The van der Waals surface area contributed by atoms with Gasteiger partial charge in [-0.25, -0.2) is 8.42 Å². The number of sulfonamides is 1. The van der Waals surface area contributed by atoms with Crippen molar-refractivity contribution in [1.82, 2.24) is 14.9 Å². The molecule has 8 heteroatoms. The van der Waals surface area contributed by atoms with Gasteiger partial charge in [0.25, 0.3) is 5.91 Å². The summed E-state index contributed by atoms with van der Waals surface area (Å²) in [4.78, 5) is 12.3. The molecule has 1 aromatic carbocycles. The molecule has 6 nitrogen and oxygen atoms in total. The predicted molar refractivity (Wildman–Crippen MR) is 102 cm³/mol. The van der Waals surface area contributed by atoms with Gasteiger partial charge < -0.3 is 10.6 Å². The van der Waals surface area contributed by atoms with E-state index in [0.29, 0.717) is 31.1 Å². The van der Waals surface area contributed by atoms with Crippen LogP contribution in [0.3, 0.4) is 0 Å². The van der Waals surface area contributed by atoms with Gasteiger partial charge in [-0.2, -0.15) is 4.31 Å². The number of piperidine rings is 1. The van der Waals surface area contributed by atoms with Crippen LogP contribution in [-0.4, -0.2) is 51.4 Å². The molecule has 1 heterocycles. The van der Waals surface area contributed by atoms with Gasteiger partial charge in [0.05, 0.1) is 4.90 Å². The van der Waals surface area contributed by atoms with Gasteiger partial charge in [0, 0.05) is 31.2 Å². The number of nitrogens with one attached hydrogen (secondary N) is 2. The van der Waals surface area contributed by atoms with Crippen LogP contribution in [0.5, 0.6) is 0 Å². The van der Waals surface area contributed by atoms with Crippen molar-refractivity contribution in [2.45, 2.75) is 37.6 Å². The van der Waals surface area contributed by atoms with Crippen LogP contribution in [0.4, 0.5) is 0 Å². The summed E-state index contributed by atoms with van der Waals surface area (Å²) in [5, 5.41) is 5.86. The van der Waals surface area contributed by atoms with E-state index < -0.39 is 10.0 Å². The van der Waals surface area contributed by atoms with Crippen LogP contribution in [-0.2, 0) is 10.0 Å². The lowest BCUT2D eigenvalue weighted by atomic mass is 10.0. The Labute approximate surface area is 156 Å². The van der Waals surface area contributed by atoms with Crippen molar-refractivity contribution < 1.29 is 13.2 Å². The number of hydrogen-bond acceptors (Lipinski definition) is 4. The number of carbonyl (C=O) groups excluding carboxylic acids is 1. The zero-order chi connectivity index (χ0) is 17.7. The summed E-state index contributed by atoms with van der Waals surface area (Å²) in [7, 11) is -1.64. The number of nitrogens with zero attached hydrogens (tertiary/aromatic N) is 1. The van der Waals surface area contributed by atoms with Crippen LogP contribution in [0.1, 0.15) is 37.0 Å². The Morgan fingerprint density at radius 3 is 2.52 bits per heavy atom. The molecule has 1 amide bonds. The third-order valence-electron chi connectivity index (χ3n) is 4.44. The number of carbonyl (C=O) groups is 1. The summed E-state index contributed by atoms with van der Waals surface area (Å²) in [6.45, 7) is 5.68. The number of likely N-dealkylation sites (N-methyl/N-ethyl adjacent to an activating group) is 1. The van der Waals surface area contributed by atoms with Crippen molar-refractivity contribution >= 4 is 28.3 Å². The topological polar surface area (TPSA) is 78.5 Å². The Hall–Kier alpha value is -1.15. The average Bonchev–Trinajstić information content (AvgIpc) is 2.59. The minimum absolute atomic E-state index is 0. The second-order valence-corrected chi connectivity index (χ2v) is 8.47. The van der Waals surface area contributed by atoms with E-state index in [1.165, 1.54) is 12.1 Å². The van der Waals surface area contributed by atoms with Gasteiger partial charge in [0.15, 0.2) is 0 Å². The number of benzene rings is 1. The Morgan fingerprint density at radius 2 is 1.96 bits per heavy atom. The first-order valence-electron chi connectivity index (χ1n) is 8.40. The molecule has 0 spiro atoms. The Morgan fingerprint density at radius 1 is 1.32 bits per heavy atom. The average molecular weight is 390 g/mol. The summed E-state index contributed by atoms with van der Waals surface area (Å²) in [5.41, 5.74) is 0.462. The van der Waals surface area contributed by atoms with Gasteiger partial charge >= 0.3 is 0 Å². The number of amides is 1. The zero-order valence-electron chi connectivity index (χ0n) is 15.0. The van der Waals surface area contributed by atoms with Crippen molar-refractivity contribution in [3.63, 3.8) is 0 Å². The summed E-state index contributed by atoms with van der Waals surface area (Å²) in [5.74, 6) is 0.181. The standard InChI is InChI=1S/C17H27N3O3S.ClH/c1-13-5-4-10-20(12-13)24(22,23)16-8-6-15(7-9-16)17(21)19-11-14(2)18-3;/h6-9,13-14,18H,4-5,10-12H2,1-3H3,(H,19,21);1H. The molecule has 0 radical (unpaired) electrons. The lowest BCUT2D eigenvalue weighted by molar-refractivity contribution is 0.0950. The molecule has 1 aliphatic heterocycles. The van der Waals surface area contributed by atoms with Crippen LogP contribution in [0.25, 0.3) is 0 Å². The second kappa shape index (κ2) is 9.52. The maximum Gasteiger partial charge on any atom is 0.251 e. The molecule has 2 unspecified atom stereocenters. The predicted octanol–water partition coefficient (Wildman–Crippen LogP) is 1.87. The van der Waals surface area contributed by atoms with Gasteiger partial charge in [0.2, 0.25) is 10.0 Å². The highest BCUT2D eigenvalue weighted by Gasteiger charge is 2.28. The molecule has 1 aromatic rings. The van der Waals surface area contributed by atoms with Crippen LogP contribution < -0.4 is 10.6 Å². The molecular formula is C17H28ClN3O3S. The number of hydrogen-bond donors (Lipinski definition) is 2. The molecule has 2 rings (SSSR count). The summed E-state index contributed by atoms with van der Waals surface area (Å²) in [6, 6.07) is 6.35. The largest absolute Gasteiger partial charge is 0.350 e. The van der Waals surface area contributed by atoms with Crippen LogP contribution in [0.15, 0.2) is 29.2 Å². The second-order valence-electron chi connectivity index (χ2n) is 6.53. The highest BCUT2D eigenvalue weighted by molar-refractivity contribution is 7.89. The molecule has 1 fully saturated rings. The van der Waals surface area contributed by atoms with E-state index in [1.54, 1.807) is 16.4 Å². The maximum absolute atomic E-state index is 12.7. The molecule has 142 valence electrons. The fraction of sp³-hybridized carbons (Fsp3) is 0.588. The summed E-state index contributed by atoms with van der Waals surface area (Å²) >= 11 is 0. The Bertz CT molecular complexity index is 664. The van der Waals surface area contributed by atoms with Crippen molar-refractivity contribution in [2.75, 3.05) is 26.7 Å². The third-order valence-corrected chi connectivity index (χ3v) is 6.31. The van der Waals surface area contributed by atoms with E-state index in [9.17, 15) is 13.2 Å². The molecular weight excluding hydrogens is 362 g/mol. The van der Waals surface area contributed by atoms with E-state index in [2.05, 4.69) is 17.6 Å². The molecule has 2 N–H and O–H groups in total. The number of halogens is 1. The van der Waals surface area contributed by atoms with E-state index in [4.69, 9.17) is 0 Å². The first kappa shape index (κ1) is 21.9. The monoisotopic (exact) mass is 389 g/mol. The third kappa shape index (κ3) is 5.67. The SMILES string of the molecule is CNC(C)CNC(=O)c1ccc(S(=O)(=O)N2CCCC(C)C2)cc1.Cl. The molecule has 25 heavy (non-hydrogen) atoms. The molecule has 1 saturated heterocycles. The van der Waals surface area contributed by atoms with Gasteiger partial charge in [-0.05, 0) is 57.0 Å². The Balaban J connectivity index is 0.00000312. The van der Waals surface area contributed by atoms with Gasteiger partial charge in [0.1, 0.15) is 0 Å².